The molecule has 27 heavy (non-hydrogen) atoms. The molecule has 6 nitrogen and oxygen atoms in total. The van der Waals surface area contributed by atoms with Gasteiger partial charge in [0.15, 0.2) is 11.0 Å². The van der Waals surface area contributed by atoms with E-state index in [4.69, 9.17) is 0 Å². The van der Waals surface area contributed by atoms with E-state index in [0.717, 1.165) is 18.4 Å². The van der Waals surface area contributed by atoms with E-state index in [0.29, 0.717) is 16.5 Å². The number of benzene rings is 2. The smallest absolute Gasteiger partial charge is 0.269 e. The predicted molar refractivity (Wildman–Crippen MR) is 101 cm³/mol. The summed E-state index contributed by atoms with van der Waals surface area (Å²) in [5.41, 5.74) is 1.34. The fourth-order valence-corrected chi connectivity index (χ4v) is 4.00. The van der Waals surface area contributed by atoms with Gasteiger partial charge in [-0.15, -0.1) is 10.2 Å². The summed E-state index contributed by atoms with van der Waals surface area (Å²) >= 11 is 1.48. The molecule has 1 unspecified atom stereocenters. The van der Waals surface area contributed by atoms with Gasteiger partial charge in [-0.2, -0.15) is 0 Å². The van der Waals surface area contributed by atoms with Crippen LogP contribution in [0.5, 0.6) is 0 Å². The van der Waals surface area contributed by atoms with E-state index in [-0.39, 0.29) is 22.8 Å². The van der Waals surface area contributed by atoms with Gasteiger partial charge < -0.3 is 0 Å². The molecule has 0 aliphatic heterocycles. The number of hydrogen-bond donors (Lipinski definition) is 0. The van der Waals surface area contributed by atoms with Crippen molar-refractivity contribution in [3.63, 3.8) is 0 Å². The Morgan fingerprint density at radius 3 is 2.70 bits per heavy atom. The zero-order valence-electron chi connectivity index (χ0n) is 14.6. The van der Waals surface area contributed by atoms with Gasteiger partial charge in [0.05, 0.1) is 10.5 Å². The van der Waals surface area contributed by atoms with Gasteiger partial charge in [-0.25, -0.2) is 4.39 Å². The lowest BCUT2D eigenvalue weighted by Gasteiger charge is -2.13. The summed E-state index contributed by atoms with van der Waals surface area (Å²) in [5, 5.41) is 20.2. The van der Waals surface area contributed by atoms with Gasteiger partial charge in [0, 0.05) is 23.4 Å². The summed E-state index contributed by atoms with van der Waals surface area (Å²) < 4.78 is 16.2. The molecule has 0 N–H and O–H groups in total. The standard InChI is InChI=1S/C19H17FN4O2S/c1-12(13-5-4-6-15(11-13)24(25)26)27-19-22-21-18(23(19)14-9-10-14)16-7-2-3-8-17(16)20/h2-8,11-12,14H,9-10H2,1H3. The Kier molecular flexibility index (Phi) is 4.65. The highest BCUT2D eigenvalue weighted by molar-refractivity contribution is 7.99. The second-order valence-corrected chi connectivity index (χ2v) is 7.81. The van der Waals surface area contributed by atoms with Gasteiger partial charge in [0.1, 0.15) is 5.82 Å². The summed E-state index contributed by atoms with van der Waals surface area (Å²) in [7, 11) is 0. The molecule has 1 saturated carbocycles. The lowest BCUT2D eigenvalue weighted by Crippen LogP contribution is -2.02. The van der Waals surface area contributed by atoms with Gasteiger partial charge in [-0.3, -0.25) is 14.7 Å². The van der Waals surface area contributed by atoms with Crippen LogP contribution in [0.3, 0.4) is 0 Å². The molecule has 1 aliphatic carbocycles. The number of nitro benzene ring substituents is 1. The van der Waals surface area contributed by atoms with Gasteiger partial charge in [-0.05, 0) is 37.5 Å². The van der Waals surface area contributed by atoms with Gasteiger partial charge >= 0.3 is 0 Å². The summed E-state index contributed by atoms with van der Waals surface area (Å²) in [6.07, 6.45) is 2.02. The Bertz CT molecular complexity index is 1000. The molecule has 1 atom stereocenters. The Balaban J connectivity index is 1.66. The first kappa shape index (κ1) is 17.7. The van der Waals surface area contributed by atoms with E-state index >= 15 is 0 Å². The van der Waals surface area contributed by atoms with Crippen molar-refractivity contribution in [1.82, 2.24) is 14.8 Å². The first-order valence-corrected chi connectivity index (χ1v) is 9.53. The van der Waals surface area contributed by atoms with E-state index in [1.165, 1.54) is 23.9 Å². The van der Waals surface area contributed by atoms with Gasteiger partial charge in [0.2, 0.25) is 0 Å². The Labute approximate surface area is 159 Å². The molecule has 0 saturated heterocycles. The molecule has 1 fully saturated rings. The number of nitro groups is 1. The third kappa shape index (κ3) is 3.57. The van der Waals surface area contributed by atoms with Crippen LogP contribution in [-0.2, 0) is 0 Å². The predicted octanol–water partition coefficient (Wildman–Crippen LogP) is 5.18. The second kappa shape index (κ2) is 7.11. The number of non-ortho nitro benzene ring substituents is 1. The lowest BCUT2D eigenvalue weighted by atomic mass is 10.1. The van der Waals surface area contributed by atoms with Gasteiger partial charge in [0.25, 0.3) is 5.69 Å². The van der Waals surface area contributed by atoms with Crippen LogP contribution >= 0.6 is 11.8 Å². The maximum absolute atomic E-state index is 14.2. The summed E-state index contributed by atoms with van der Waals surface area (Å²) in [6, 6.07) is 13.4. The quantitative estimate of drug-likeness (QED) is 0.332. The first-order valence-electron chi connectivity index (χ1n) is 8.65. The normalized spacial score (nSPS) is 14.9. The average Bonchev–Trinajstić information content (AvgIpc) is 3.43. The highest BCUT2D eigenvalue weighted by atomic mass is 32.2. The molecule has 0 bridgehead atoms. The van der Waals surface area contributed by atoms with E-state index in [9.17, 15) is 14.5 Å². The highest BCUT2D eigenvalue weighted by Crippen LogP contribution is 2.44. The molecule has 0 radical (unpaired) electrons. The van der Waals surface area contributed by atoms with Crippen LogP contribution < -0.4 is 0 Å². The number of aromatic nitrogens is 3. The molecule has 0 amide bonds. The maximum Gasteiger partial charge on any atom is 0.269 e. The molecule has 2 aromatic carbocycles. The topological polar surface area (TPSA) is 73.8 Å². The molecule has 0 spiro atoms. The SMILES string of the molecule is CC(Sc1nnc(-c2ccccc2F)n1C1CC1)c1cccc([N+](=O)[O-])c1. The molecule has 1 aromatic heterocycles. The van der Waals surface area contributed by atoms with Crippen LogP contribution in [0.1, 0.15) is 36.6 Å². The van der Waals surface area contributed by atoms with Crippen molar-refractivity contribution < 1.29 is 9.31 Å². The molecular weight excluding hydrogens is 367 g/mol. The largest absolute Gasteiger partial charge is 0.299 e. The average molecular weight is 384 g/mol. The van der Waals surface area contributed by atoms with Crippen molar-refractivity contribution in [3.05, 3.63) is 70.0 Å². The van der Waals surface area contributed by atoms with Crippen LogP contribution in [0.4, 0.5) is 10.1 Å². The molecule has 138 valence electrons. The van der Waals surface area contributed by atoms with E-state index < -0.39 is 4.92 Å². The zero-order chi connectivity index (χ0) is 19.0. The molecule has 4 rings (SSSR count). The van der Waals surface area contributed by atoms with Crippen molar-refractivity contribution in [2.45, 2.75) is 36.2 Å². The van der Waals surface area contributed by atoms with Crippen molar-refractivity contribution >= 4 is 17.4 Å². The number of rotatable bonds is 6. The summed E-state index contributed by atoms with van der Waals surface area (Å²) in [5.74, 6) is 0.208. The number of nitrogens with zero attached hydrogens (tertiary/aromatic N) is 4. The van der Waals surface area contributed by atoms with Crippen LogP contribution in [0, 0.1) is 15.9 Å². The molecular formula is C19H17FN4O2S. The fourth-order valence-electron chi connectivity index (χ4n) is 2.96. The van der Waals surface area contributed by atoms with Crippen LogP contribution in [0.15, 0.2) is 53.7 Å². The van der Waals surface area contributed by atoms with Gasteiger partial charge in [-0.1, -0.05) is 36.0 Å². The van der Waals surface area contributed by atoms with E-state index in [1.54, 1.807) is 30.3 Å². The lowest BCUT2D eigenvalue weighted by molar-refractivity contribution is -0.384. The van der Waals surface area contributed by atoms with Crippen molar-refractivity contribution in [1.29, 1.82) is 0 Å². The van der Waals surface area contributed by atoms with E-state index in [1.807, 2.05) is 17.6 Å². The molecule has 8 heteroatoms. The van der Waals surface area contributed by atoms with Crippen molar-refractivity contribution in [2.75, 3.05) is 0 Å². The number of thioether (sulfide) groups is 1. The summed E-state index contributed by atoms with van der Waals surface area (Å²) in [4.78, 5) is 10.6. The Hall–Kier alpha value is -2.74. The number of hydrogen-bond acceptors (Lipinski definition) is 5. The minimum atomic E-state index is -0.399. The third-order valence-electron chi connectivity index (χ3n) is 4.52. The monoisotopic (exact) mass is 384 g/mol. The van der Waals surface area contributed by atoms with Crippen molar-refractivity contribution in [2.24, 2.45) is 0 Å². The summed E-state index contributed by atoms with van der Waals surface area (Å²) in [6.45, 7) is 1.97. The van der Waals surface area contributed by atoms with E-state index in [2.05, 4.69) is 10.2 Å². The molecule has 1 heterocycles. The maximum atomic E-state index is 14.2. The Morgan fingerprint density at radius 2 is 2.00 bits per heavy atom. The first-order chi connectivity index (χ1) is 13.0. The third-order valence-corrected chi connectivity index (χ3v) is 5.64. The fraction of sp³-hybridized carbons (Fsp3) is 0.263. The van der Waals surface area contributed by atoms with Crippen LogP contribution in [-0.4, -0.2) is 19.7 Å². The number of halogens is 1. The van der Waals surface area contributed by atoms with Crippen molar-refractivity contribution in [3.8, 4) is 11.4 Å². The highest BCUT2D eigenvalue weighted by Gasteiger charge is 2.31. The minimum absolute atomic E-state index is 0.0555. The minimum Gasteiger partial charge on any atom is -0.299 e. The molecule has 3 aromatic rings. The second-order valence-electron chi connectivity index (χ2n) is 6.50. The Morgan fingerprint density at radius 1 is 1.22 bits per heavy atom. The van der Waals surface area contributed by atoms with Crippen LogP contribution in [0.2, 0.25) is 0 Å². The molecule has 1 aliphatic rings. The zero-order valence-corrected chi connectivity index (χ0v) is 15.4. The van der Waals surface area contributed by atoms with Crippen LogP contribution in [0.25, 0.3) is 11.4 Å².